The van der Waals surface area contributed by atoms with E-state index in [4.69, 9.17) is 9.84 Å². The second-order valence-corrected chi connectivity index (χ2v) is 4.27. The van der Waals surface area contributed by atoms with E-state index in [0.717, 1.165) is 18.4 Å². The molecule has 2 unspecified atom stereocenters. The van der Waals surface area contributed by atoms with Gasteiger partial charge in [-0.15, -0.1) is 0 Å². The molecule has 0 bridgehead atoms. The van der Waals surface area contributed by atoms with Crippen LogP contribution in [0.15, 0.2) is 24.3 Å². The van der Waals surface area contributed by atoms with E-state index < -0.39 is 5.97 Å². The van der Waals surface area contributed by atoms with Gasteiger partial charge in [0, 0.05) is 0 Å². The van der Waals surface area contributed by atoms with Gasteiger partial charge >= 0.3 is 5.97 Å². The van der Waals surface area contributed by atoms with Crippen molar-refractivity contribution in [3.8, 4) is 0 Å². The zero-order valence-corrected chi connectivity index (χ0v) is 8.27. The van der Waals surface area contributed by atoms with Crippen molar-refractivity contribution >= 4 is 5.97 Å². The largest absolute Gasteiger partial charge is 0.478 e. The molecule has 0 amide bonds. The quantitative estimate of drug-likeness (QED) is 0.751. The first-order valence-electron chi connectivity index (χ1n) is 5.24. The van der Waals surface area contributed by atoms with Gasteiger partial charge in [0.05, 0.1) is 11.7 Å². The molecule has 3 heteroatoms. The summed E-state index contributed by atoms with van der Waals surface area (Å²) in [6, 6.07) is 7.13. The van der Waals surface area contributed by atoms with E-state index in [1.807, 2.05) is 6.07 Å². The Morgan fingerprint density at radius 1 is 1.53 bits per heavy atom. The number of epoxide rings is 1. The van der Waals surface area contributed by atoms with Crippen LogP contribution in [-0.4, -0.2) is 17.2 Å². The summed E-state index contributed by atoms with van der Waals surface area (Å²) in [6.45, 7) is 0. The van der Waals surface area contributed by atoms with Crippen LogP contribution in [0.1, 0.15) is 35.2 Å². The van der Waals surface area contributed by atoms with Crippen LogP contribution in [0.25, 0.3) is 0 Å². The number of carbonyl (C=O) groups is 1. The summed E-state index contributed by atoms with van der Waals surface area (Å²) in [5, 5.41) is 8.91. The van der Waals surface area contributed by atoms with Gasteiger partial charge in [0.2, 0.25) is 0 Å². The lowest BCUT2D eigenvalue weighted by molar-refractivity contribution is 0.0696. The number of hydrogen-bond donors (Lipinski definition) is 1. The number of benzene rings is 1. The van der Waals surface area contributed by atoms with Crippen molar-refractivity contribution in [1.82, 2.24) is 0 Å². The molecule has 2 aliphatic rings. The number of ether oxygens (including phenoxy) is 1. The molecule has 0 spiro atoms. The number of rotatable bonds is 2. The highest BCUT2D eigenvalue weighted by Crippen LogP contribution is 2.57. The van der Waals surface area contributed by atoms with Gasteiger partial charge in [-0.1, -0.05) is 12.1 Å². The molecule has 15 heavy (non-hydrogen) atoms. The summed E-state index contributed by atoms with van der Waals surface area (Å²) in [6.07, 6.45) is 3.65. The molecule has 3 rings (SSSR count). The number of carboxylic acids is 1. The van der Waals surface area contributed by atoms with Crippen LogP contribution in [0.2, 0.25) is 0 Å². The highest BCUT2D eigenvalue weighted by molar-refractivity contribution is 5.87. The molecule has 1 heterocycles. The topological polar surface area (TPSA) is 49.8 Å². The molecule has 1 saturated carbocycles. The Morgan fingerprint density at radius 3 is 3.00 bits per heavy atom. The van der Waals surface area contributed by atoms with E-state index in [2.05, 4.69) is 0 Å². The van der Waals surface area contributed by atoms with Crippen LogP contribution in [0.3, 0.4) is 0 Å². The first-order valence-corrected chi connectivity index (χ1v) is 5.24. The minimum Gasteiger partial charge on any atom is -0.478 e. The van der Waals surface area contributed by atoms with Crippen LogP contribution in [0.5, 0.6) is 0 Å². The molecule has 1 aliphatic heterocycles. The van der Waals surface area contributed by atoms with Gasteiger partial charge < -0.3 is 9.84 Å². The maximum Gasteiger partial charge on any atom is 0.335 e. The molecule has 2 atom stereocenters. The van der Waals surface area contributed by atoms with E-state index in [1.165, 1.54) is 6.42 Å². The zero-order chi connectivity index (χ0) is 10.5. The summed E-state index contributed by atoms with van der Waals surface area (Å²) < 4.78 is 5.67. The lowest BCUT2D eigenvalue weighted by Crippen LogP contribution is -2.08. The van der Waals surface area contributed by atoms with E-state index in [1.54, 1.807) is 18.2 Å². The van der Waals surface area contributed by atoms with Crippen molar-refractivity contribution in [2.75, 3.05) is 0 Å². The van der Waals surface area contributed by atoms with Gasteiger partial charge in [0.25, 0.3) is 0 Å². The van der Waals surface area contributed by atoms with Crippen molar-refractivity contribution in [3.63, 3.8) is 0 Å². The molecule has 0 aromatic heterocycles. The van der Waals surface area contributed by atoms with Crippen LogP contribution < -0.4 is 0 Å². The second-order valence-electron chi connectivity index (χ2n) is 4.27. The number of hydrogen-bond acceptors (Lipinski definition) is 2. The molecule has 78 valence electrons. The molecular formula is C12H12O3. The minimum atomic E-state index is -0.872. The van der Waals surface area contributed by atoms with Crippen LogP contribution in [0.4, 0.5) is 0 Å². The van der Waals surface area contributed by atoms with E-state index in [-0.39, 0.29) is 5.60 Å². The number of fused-ring (bicyclic) bond motifs is 1. The Bertz CT molecular complexity index is 427. The Morgan fingerprint density at radius 2 is 2.40 bits per heavy atom. The summed E-state index contributed by atoms with van der Waals surface area (Å²) in [5.74, 6) is -0.872. The third kappa shape index (κ3) is 1.20. The molecule has 2 fully saturated rings. The zero-order valence-electron chi connectivity index (χ0n) is 8.27. The molecule has 1 aliphatic carbocycles. The lowest BCUT2D eigenvalue weighted by Gasteiger charge is -2.09. The van der Waals surface area contributed by atoms with Crippen molar-refractivity contribution in [2.45, 2.75) is 31.0 Å². The molecule has 1 aromatic rings. The predicted molar refractivity (Wildman–Crippen MR) is 53.8 cm³/mol. The van der Waals surface area contributed by atoms with Gasteiger partial charge in [-0.05, 0) is 37.0 Å². The smallest absolute Gasteiger partial charge is 0.335 e. The maximum atomic E-state index is 10.8. The standard InChI is InChI=1S/C12H12O3/c13-11(14)8-3-1-4-9(7-8)12-6-2-5-10(12)15-12/h1,3-4,7,10H,2,5-6H2,(H,13,14). The van der Waals surface area contributed by atoms with Gasteiger partial charge in [0.15, 0.2) is 0 Å². The average Bonchev–Trinajstić information content (AvgIpc) is 2.82. The fourth-order valence-electron chi connectivity index (χ4n) is 2.60. The first kappa shape index (κ1) is 8.92. The van der Waals surface area contributed by atoms with Crippen molar-refractivity contribution in [3.05, 3.63) is 35.4 Å². The maximum absolute atomic E-state index is 10.8. The molecule has 3 nitrogen and oxygen atoms in total. The molecule has 1 aromatic carbocycles. The highest BCUT2D eigenvalue weighted by atomic mass is 16.6. The van der Waals surface area contributed by atoms with E-state index >= 15 is 0 Å². The summed E-state index contributed by atoms with van der Waals surface area (Å²) in [7, 11) is 0. The third-order valence-corrected chi connectivity index (χ3v) is 3.43. The lowest BCUT2D eigenvalue weighted by atomic mass is 9.95. The van der Waals surface area contributed by atoms with Crippen LogP contribution >= 0.6 is 0 Å². The Labute approximate surface area is 87.7 Å². The molecule has 0 radical (unpaired) electrons. The second kappa shape index (κ2) is 2.83. The highest BCUT2D eigenvalue weighted by Gasteiger charge is 2.60. The van der Waals surface area contributed by atoms with Gasteiger partial charge in [-0.25, -0.2) is 4.79 Å². The number of aromatic carboxylic acids is 1. The first-order chi connectivity index (χ1) is 7.22. The predicted octanol–water partition coefficient (Wildman–Crippen LogP) is 2.16. The van der Waals surface area contributed by atoms with E-state index in [0.29, 0.717) is 11.7 Å². The normalized spacial score (nSPS) is 32.4. The Balaban J connectivity index is 1.99. The number of carboxylic acid groups (broad SMARTS) is 1. The average molecular weight is 204 g/mol. The van der Waals surface area contributed by atoms with Crippen LogP contribution in [0, 0.1) is 0 Å². The third-order valence-electron chi connectivity index (χ3n) is 3.43. The molecule has 1 saturated heterocycles. The SMILES string of the molecule is O=C(O)c1cccc(C23CCCC2O3)c1. The fourth-order valence-corrected chi connectivity index (χ4v) is 2.60. The van der Waals surface area contributed by atoms with Gasteiger partial charge in [0.1, 0.15) is 5.60 Å². The minimum absolute atomic E-state index is 0.133. The van der Waals surface area contributed by atoms with E-state index in [9.17, 15) is 4.79 Å². The monoisotopic (exact) mass is 204 g/mol. The Kier molecular flexibility index (Phi) is 1.68. The summed E-state index contributed by atoms with van der Waals surface area (Å²) in [4.78, 5) is 10.8. The summed E-state index contributed by atoms with van der Waals surface area (Å²) >= 11 is 0. The molecular weight excluding hydrogens is 192 g/mol. The molecule has 1 N–H and O–H groups in total. The van der Waals surface area contributed by atoms with Crippen molar-refractivity contribution in [2.24, 2.45) is 0 Å². The van der Waals surface area contributed by atoms with Crippen molar-refractivity contribution < 1.29 is 14.6 Å². The summed E-state index contributed by atoms with van der Waals surface area (Å²) in [5.41, 5.74) is 1.25. The fraction of sp³-hybridized carbons (Fsp3) is 0.417. The van der Waals surface area contributed by atoms with Crippen molar-refractivity contribution in [1.29, 1.82) is 0 Å². The van der Waals surface area contributed by atoms with Gasteiger partial charge in [-0.3, -0.25) is 0 Å². The van der Waals surface area contributed by atoms with Gasteiger partial charge in [-0.2, -0.15) is 0 Å². The van der Waals surface area contributed by atoms with Crippen LogP contribution in [-0.2, 0) is 10.3 Å². The Hall–Kier alpha value is -1.35.